The second-order valence-electron chi connectivity index (χ2n) is 5.46. The number of methoxy groups -OCH3 is 2. The van der Waals surface area contributed by atoms with Gasteiger partial charge in [-0.15, -0.1) is 11.3 Å². The van der Waals surface area contributed by atoms with E-state index in [0.29, 0.717) is 28.6 Å². The van der Waals surface area contributed by atoms with E-state index in [1.165, 1.54) is 37.7 Å². The van der Waals surface area contributed by atoms with Crippen LogP contribution in [0.15, 0.2) is 48.7 Å². The molecule has 0 aliphatic heterocycles. The summed E-state index contributed by atoms with van der Waals surface area (Å²) in [6.45, 7) is 0. The van der Waals surface area contributed by atoms with Gasteiger partial charge in [0.25, 0.3) is 5.91 Å². The molecule has 0 fully saturated rings. The second-order valence-corrected chi connectivity index (χ2v) is 6.57. The SMILES string of the molecule is COc1ccc(C(=O)Nc2ncc(Cc3ccc(F)cc3)s2)cc1OC. The first-order valence-corrected chi connectivity index (χ1v) is 8.63. The van der Waals surface area contributed by atoms with Crippen molar-refractivity contribution in [2.24, 2.45) is 0 Å². The van der Waals surface area contributed by atoms with Crippen LogP contribution in [0, 0.1) is 5.82 Å². The van der Waals surface area contributed by atoms with E-state index in [-0.39, 0.29) is 11.7 Å². The summed E-state index contributed by atoms with van der Waals surface area (Å²) in [5, 5.41) is 3.28. The molecule has 1 heterocycles. The molecular weight excluding hydrogens is 355 g/mol. The number of carbonyl (C=O) groups excluding carboxylic acids is 1. The van der Waals surface area contributed by atoms with Crippen LogP contribution in [0.25, 0.3) is 0 Å². The normalized spacial score (nSPS) is 10.4. The maximum atomic E-state index is 13.0. The third-order valence-electron chi connectivity index (χ3n) is 3.71. The standard InChI is InChI=1S/C19H17FN2O3S/c1-24-16-8-5-13(10-17(16)25-2)18(23)22-19-21-11-15(26-19)9-12-3-6-14(20)7-4-12/h3-8,10-11H,9H2,1-2H3,(H,21,22,23). The highest BCUT2D eigenvalue weighted by molar-refractivity contribution is 7.15. The Hall–Kier alpha value is -2.93. The Labute approximate surface area is 154 Å². The summed E-state index contributed by atoms with van der Waals surface area (Å²) in [6.07, 6.45) is 2.34. The largest absolute Gasteiger partial charge is 0.493 e. The zero-order chi connectivity index (χ0) is 18.5. The molecule has 1 N–H and O–H groups in total. The predicted molar refractivity (Wildman–Crippen MR) is 98.8 cm³/mol. The van der Waals surface area contributed by atoms with Gasteiger partial charge in [0.15, 0.2) is 16.6 Å². The van der Waals surface area contributed by atoms with Crippen molar-refractivity contribution in [3.05, 3.63) is 70.5 Å². The fraction of sp³-hybridized carbons (Fsp3) is 0.158. The summed E-state index contributed by atoms with van der Waals surface area (Å²) in [4.78, 5) is 17.6. The zero-order valence-corrected chi connectivity index (χ0v) is 15.1. The molecule has 0 saturated carbocycles. The van der Waals surface area contributed by atoms with E-state index >= 15 is 0 Å². The van der Waals surface area contributed by atoms with Crippen LogP contribution in [-0.4, -0.2) is 25.1 Å². The van der Waals surface area contributed by atoms with Crippen LogP contribution in [0.2, 0.25) is 0 Å². The number of anilines is 1. The first-order valence-electron chi connectivity index (χ1n) is 7.81. The molecule has 0 radical (unpaired) electrons. The van der Waals surface area contributed by atoms with Gasteiger partial charge in [-0.25, -0.2) is 9.37 Å². The van der Waals surface area contributed by atoms with Gasteiger partial charge in [0, 0.05) is 23.1 Å². The van der Waals surface area contributed by atoms with Crippen LogP contribution in [0.4, 0.5) is 9.52 Å². The molecule has 0 aliphatic carbocycles. The number of halogens is 1. The molecule has 0 unspecified atom stereocenters. The molecule has 134 valence electrons. The number of thiazole rings is 1. The van der Waals surface area contributed by atoms with Crippen LogP contribution in [0.3, 0.4) is 0 Å². The van der Waals surface area contributed by atoms with Gasteiger partial charge in [-0.1, -0.05) is 12.1 Å². The van der Waals surface area contributed by atoms with Crippen molar-refractivity contribution >= 4 is 22.4 Å². The molecule has 26 heavy (non-hydrogen) atoms. The lowest BCUT2D eigenvalue weighted by molar-refractivity contribution is 0.102. The molecule has 0 spiro atoms. The molecule has 2 aromatic carbocycles. The number of ether oxygens (including phenoxy) is 2. The average Bonchev–Trinajstić information content (AvgIpc) is 3.09. The molecule has 1 aromatic heterocycles. The van der Waals surface area contributed by atoms with Gasteiger partial charge in [0.05, 0.1) is 14.2 Å². The molecule has 5 nitrogen and oxygen atoms in total. The molecule has 0 atom stereocenters. The van der Waals surface area contributed by atoms with Crippen LogP contribution >= 0.6 is 11.3 Å². The first kappa shape index (κ1) is 17.9. The topological polar surface area (TPSA) is 60.5 Å². The van der Waals surface area contributed by atoms with E-state index < -0.39 is 0 Å². The van der Waals surface area contributed by atoms with Crippen LogP contribution in [-0.2, 0) is 6.42 Å². The number of benzene rings is 2. The highest BCUT2D eigenvalue weighted by Crippen LogP contribution is 2.28. The monoisotopic (exact) mass is 372 g/mol. The number of carbonyl (C=O) groups is 1. The average molecular weight is 372 g/mol. The number of rotatable bonds is 6. The summed E-state index contributed by atoms with van der Waals surface area (Å²) in [6, 6.07) is 11.3. The molecular formula is C19H17FN2O3S. The molecule has 7 heteroatoms. The van der Waals surface area contributed by atoms with Crippen molar-refractivity contribution in [1.82, 2.24) is 4.98 Å². The van der Waals surface area contributed by atoms with Crippen LogP contribution < -0.4 is 14.8 Å². The maximum Gasteiger partial charge on any atom is 0.257 e. The van der Waals surface area contributed by atoms with Gasteiger partial charge >= 0.3 is 0 Å². The Morgan fingerprint density at radius 3 is 2.54 bits per heavy atom. The maximum absolute atomic E-state index is 13.0. The fourth-order valence-corrected chi connectivity index (χ4v) is 3.24. The van der Waals surface area contributed by atoms with Gasteiger partial charge < -0.3 is 9.47 Å². The van der Waals surface area contributed by atoms with Crippen molar-refractivity contribution in [1.29, 1.82) is 0 Å². The van der Waals surface area contributed by atoms with Crippen molar-refractivity contribution in [3.8, 4) is 11.5 Å². The summed E-state index contributed by atoms with van der Waals surface area (Å²) in [5.74, 6) is 0.491. The number of aromatic nitrogens is 1. The van der Waals surface area contributed by atoms with E-state index in [0.717, 1.165) is 10.4 Å². The van der Waals surface area contributed by atoms with E-state index in [1.54, 1.807) is 36.5 Å². The van der Waals surface area contributed by atoms with Crippen LogP contribution in [0.5, 0.6) is 11.5 Å². The molecule has 3 aromatic rings. The predicted octanol–water partition coefficient (Wildman–Crippen LogP) is 4.14. The van der Waals surface area contributed by atoms with E-state index in [4.69, 9.17) is 9.47 Å². The summed E-state index contributed by atoms with van der Waals surface area (Å²) in [5.41, 5.74) is 1.42. The van der Waals surface area contributed by atoms with Gasteiger partial charge in [-0.2, -0.15) is 0 Å². The highest BCUT2D eigenvalue weighted by Gasteiger charge is 2.13. The Morgan fingerprint density at radius 1 is 1.12 bits per heavy atom. The van der Waals surface area contributed by atoms with Crippen molar-refractivity contribution in [3.63, 3.8) is 0 Å². The number of hydrogen-bond acceptors (Lipinski definition) is 5. The van der Waals surface area contributed by atoms with Crippen molar-refractivity contribution in [2.75, 3.05) is 19.5 Å². The highest BCUT2D eigenvalue weighted by atomic mass is 32.1. The number of hydrogen-bond donors (Lipinski definition) is 1. The van der Waals surface area contributed by atoms with Crippen molar-refractivity contribution in [2.45, 2.75) is 6.42 Å². The van der Waals surface area contributed by atoms with E-state index in [2.05, 4.69) is 10.3 Å². The molecule has 0 aliphatic rings. The minimum absolute atomic E-state index is 0.263. The van der Waals surface area contributed by atoms with Gasteiger partial charge in [-0.05, 0) is 35.9 Å². The van der Waals surface area contributed by atoms with Crippen molar-refractivity contribution < 1.29 is 18.7 Å². The van der Waals surface area contributed by atoms with E-state index in [9.17, 15) is 9.18 Å². The van der Waals surface area contributed by atoms with Gasteiger partial charge in [0.2, 0.25) is 0 Å². The molecule has 0 saturated heterocycles. The number of nitrogens with zero attached hydrogens (tertiary/aromatic N) is 1. The molecule has 1 amide bonds. The Morgan fingerprint density at radius 2 is 1.85 bits per heavy atom. The summed E-state index contributed by atoms with van der Waals surface area (Å²) in [7, 11) is 3.05. The third kappa shape index (κ3) is 4.18. The summed E-state index contributed by atoms with van der Waals surface area (Å²) >= 11 is 1.38. The molecule has 3 rings (SSSR count). The lowest BCUT2D eigenvalue weighted by Crippen LogP contribution is -2.11. The van der Waals surface area contributed by atoms with Crippen LogP contribution in [0.1, 0.15) is 20.8 Å². The van der Waals surface area contributed by atoms with E-state index in [1.807, 2.05) is 0 Å². The Kier molecular flexibility index (Phi) is 5.48. The minimum atomic E-state index is -0.284. The zero-order valence-electron chi connectivity index (χ0n) is 14.3. The molecule has 0 bridgehead atoms. The first-order chi connectivity index (χ1) is 12.6. The minimum Gasteiger partial charge on any atom is -0.493 e. The van der Waals surface area contributed by atoms with Gasteiger partial charge in [-0.3, -0.25) is 10.1 Å². The Bertz CT molecular complexity index is 909. The smallest absolute Gasteiger partial charge is 0.257 e. The fourth-order valence-electron chi connectivity index (χ4n) is 2.40. The lowest BCUT2D eigenvalue weighted by atomic mass is 10.1. The van der Waals surface area contributed by atoms with Gasteiger partial charge in [0.1, 0.15) is 5.82 Å². The number of nitrogens with one attached hydrogen (secondary N) is 1. The quantitative estimate of drug-likeness (QED) is 0.706. The third-order valence-corrected chi connectivity index (χ3v) is 4.62. The second kappa shape index (κ2) is 7.97. The number of amides is 1. The summed E-state index contributed by atoms with van der Waals surface area (Å²) < 4.78 is 23.3. The lowest BCUT2D eigenvalue weighted by Gasteiger charge is -2.09. The Balaban J connectivity index is 1.68.